The lowest BCUT2D eigenvalue weighted by atomic mass is 10.2. The van der Waals surface area contributed by atoms with Crippen molar-refractivity contribution in [3.63, 3.8) is 0 Å². The van der Waals surface area contributed by atoms with E-state index in [1.165, 1.54) is 10.6 Å². The Morgan fingerprint density at radius 2 is 2.05 bits per heavy atom. The highest BCUT2D eigenvalue weighted by Crippen LogP contribution is 2.19. The Balaban J connectivity index is 2.67. The van der Waals surface area contributed by atoms with Crippen LogP contribution in [0.2, 0.25) is 0 Å². The number of carbonyl (C=O) groups is 1. The molecule has 0 aromatic heterocycles. The maximum Gasteiger partial charge on any atom is 0.232 e. The number of rotatable bonds is 8. The quantitative estimate of drug-likeness (QED) is 0.798. The molecule has 22 heavy (non-hydrogen) atoms. The molecule has 1 amide bonds. The minimum absolute atomic E-state index is 0.0351. The fourth-order valence-electron chi connectivity index (χ4n) is 2.10. The second-order valence-electron chi connectivity index (χ2n) is 5.65. The summed E-state index contributed by atoms with van der Waals surface area (Å²) in [7, 11) is -3.36. The standard InChI is InChI=1S/C16H26N2O3S/c1-5-14(3)17-16(19)10-7-11-18(22(4,20)21)15-9-6-8-13(2)12-15/h6,8-9,12,14H,5,7,10-11H2,1-4H3,(H,17,19)/t14-/m0/s1. The fraction of sp³-hybridized carbons (Fsp3) is 0.562. The zero-order valence-corrected chi connectivity index (χ0v) is 14.6. The minimum atomic E-state index is -3.36. The van der Waals surface area contributed by atoms with Crippen molar-refractivity contribution >= 4 is 21.6 Å². The van der Waals surface area contributed by atoms with Gasteiger partial charge in [-0.05, 0) is 44.4 Å². The summed E-state index contributed by atoms with van der Waals surface area (Å²) in [6.07, 6.45) is 2.88. The highest BCUT2D eigenvalue weighted by Gasteiger charge is 2.17. The molecule has 1 aromatic rings. The molecule has 0 radical (unpaired) electrons. The van der Waals surface area contributed by atoms with Gasteiger partial charge in [-0.1, -0.05) is 19.1 Å². The van der Waals surface area contributed by atoms with E-state index in [0.717, 1.165) is 12.0 Å². The first-order valence-electron chi connectivity index (χ1n) is 7.57. The van der Waals surface area contributed by atoms with Crippen LogP contribution in [0.25, 0.3) is 0 Å². The maximum absolute atomic E-state index is 12.0. The van der Waals surface area contributed by atoms with Gasteiger partial charge in [0.25, 0.3) is 0 Å². The summed E-state index contributed by atoms with van der Waals surface area (Å²) in [5.74, 6) is -0.0351. The van der Waals surface area contributed by atoms with Crippen molar-refractivity contribution in [3.8, 4) is 0 Å². The molecule has 5 nitrogen and oxygen atoms in total. The smallest absolute Gasteiger partial charge is 0.232 e. The maximum atomic E-state index is 12.0. The Labute approximate surface area is 133 Å². The predicted octanol–water partition coefficient (Wildman–Crippen LogP) is 2.46. The zero-order valence-electron chi connectivity index (χ0n) is 13.8. The number of nitrogens with zero attached hydrogens (tertiary/aromatic N) is 1. The number of benzene rings is 1. The van der Waals surface area contributed by atoms with Gasteiger partial charge < -0.3 is 5.32 Å². The van der Waals surface area contributed by atoms with Gasteiger partial charge in [0.1, 0.15) is 0 Å². The van der Waals surface area contributed by atoms with E-state index >= 15 is 0 Å². The highest BCUT2D eigenvalue weighted by atomic mass is 32.2. The van der Waals surface area contributed by atoms with Crippen molar-refractivity contribution in [2.45, 2.75) is 46.1 Å². The Bertz CT molecular complexity index is 599. The number of amides is 1. The molecule has 0 aliphatic heterocycles. The number of nitrogens with one attached hydrogen (secondary N) is 1. The van der Waals surface area contributed by atoms with Crippen molar-refractivity contribution in [1.82, 2.24) is 5.32 Å². The van der Waals surface area contributed by atoms with Crippen LogP contribution in [0, 0.1) is 6.92 Å². The number of sulfonamides is 1. The van der Waals surface area contributed by atoms with Gasteiger partial charge in [-0.25, -0.2) is 8.42 Å². The lowest BCUT2D eigenvalue weighted by Gasteiger charge is -2.22. The predicted molar refractivity (Wildman–Crippen MR) is 90.5 cm³/mol. The Morgan fingerprint density at radius 3 is 2.59 bits per heavy atom. The van der Waals surface area contributed by atoms with E-state index in [4.69, 9.17) is 0 Å². The van der Waals surface area contributed by atoms with Crippen molar-refractivity contribution in [2.75, 3.05) is 17.1 Å². The van der Waals surface area contributed by atoms with Crippen molar-refractivity contribution in [3.05, 3.63) is 29.8 Å². The van der Waals surface area contributed by atoms with E-state index in [9.17, 15) is 13.2 Å². The molecular formula is C16H26N2O3S. The second kappa shape index (κ2) is 8.17. The molecule has 1 atom stereocenters. The van der Waals surface area contributed by atoms with Crippen LogP contribution in [0.5, 0.6) is 0 Å². The van der Waals surface area contributed by atoms with E-state index in [2.05, 4.69) is 5.32 Å². The third-order valence-electron chi connectivity index (χ3n) is 3.47. The average molecular weight is 326 g/mol. The van der Waals surface area contributed by atoms with Gasteiger partial charge in [0.05, 0.1) is 11.9 Å². The molecule has 0 bridgehead atoms. The largest absolute Gasteiger partial charge is 0.354 e. The molecule has 1 N–H and O–H groups in total. The number of anilines is 1. The molecular weight excluding hydrogens is 300 g/mol. The van der Waals surface area contributed by atoms with Crippen LogP contribution >= 0.6 is 0 Å². The summed E-state index contributed by atoms with van der Waals surface area (Å²) in [6.45, 7) is 6.18. The summed E-state index contributed by atoms with van der Waals surface area (Å²) in [5.41, 5.74) is 1.64. The highest BCUT2D eigenvalue weighted by molar-refractivity contribution is 7.92. The minimum Gasteiger partial charge on any atom is -0.354 e. The summed E-state index contributed by atoms with van der Waals surface area (Å²) < 4.78 is 25.3. The topological polar surface area (TPSA) is 66.5 Å². The van der Waals surface area contributed by atoms with E-state index < -0.39 is 10.0 Å². The van der Waals surface area contributed by atoms with Crippen LogP contribution < -0.4 is 9.62 Å². The zero-order chi connectivity index (χ0) is 16.8. The normalized spacial score (nSPS) is 12.7. The Kier molecular flexibility index (Phi) is 6.87. The molecule has 1 aromatic carbocycles. The Hall–Kier alpha value is -1.56. The average Bonchev–Trinajstić information content (AvgIpc) is 2.42. The molecule has 124 valence electrons. The van der Waals surface area contributed by atoms with Gasteiger partial charge >= 0.3 is 0 Å². The van der Waals surface area contributed by atoms with Crippen molar-refractivity contribution in [2.24, 2.45) is 0 Å². The monoisotopic (exact) mass is 326 g/mol. The number of hydrogen-bond donors (Lipinski definition) is 1. The van der Waals surface area contributed by atoms with E-state index in [-0.39, 0.29) is 11.9 Å². The van der Waals surface area contributed by atoms with Crippen LogP contribution in [-0.4, -0.2) is 33.2 Å². The molecule has 0 aliphatic rings. The Morgan fingerprint density at radius 1 is 1.36 bits per heavy atom. The first-order valence-corrected chi connectivity index (χ1v) is 9.42. The number of carbonyl (C=O) groups excluding carboxylic acids is 1. The fourth-order valence-corrected chi connectivity index (χ4v) is 3.06. The molecule has 0 fully saturated rings. The molecule has 0 aliphatic carbocycles. The number of hydrogen-bond acceptors (Lipinski definition) is 3. The van der Waals surface area contributed by atoms with Gasteiger partial charge in [-0.2, -0.15) is 0 Å². The molecule has 6 heteroatoms. The SMILES string of the molecule is CC[C@H](C)NC(=O)CCCN(c1cccc(C)c1)S(C)(=O)=O. The number of aryl methyl sites for hydroxylation is 1. The van der Waals surface area contributed by atoms with Gasteiger partial charge in [0.2, 0.25) is 15.9 Å². The second-order valence-corrected chi connectivity index (χ2v) is 7.56. The van der Waals surface area contributed by atoms with Gasteiger partial charge in [0, 0.05) is 19.0 Å². The summed E-state index contributed by atoms with van der Waals surface area (Å²) in [4.78, 5) is 11.8. The van der Waals surface area contributed by atoms with E-state index in [0.29, 0.717) is 25.1 Å². The van der Waals surface area contributed by atoms with Crippen LogP contribution in [0.1, 0.15) is 38.7 Å². The van der Waals surface area contributed by atoms with Crippen molar-refractivity contribution in [1.29, 1.82) is 0 Å². The first-order chi connectivity index (χ1) is 10.2. The molecule has 0 unspecified atom stereocenters. The molecule has 0 spiro atoms. The third-order valence-corrected chi connectivity index (χ3v) is 4.67. The summed E-state index contributed by atoms with van der Waals surface area (Å²) >= 11 is 0. The van der Waals surface area contributed by atoms with Crippen LogP contribution in [-0.2, 0) is 14.8 Å². The van der Waals surface area contributed by atoms with Gasteiger partial charge in [-0.3, -0.25) is 9.10 Å². The van der Waals surface area contributed by atoms with Crippen LogP contribution in [0.3, 0.4) is 0 Å². The van der Waals surface area contributed by atoms with Crippen molar-refractivity contribution < 1.29 is 13.2 Å². The van der Waals surface area contributed by atoms with Crippen LogP contribution in [0.15, 0.2) is 24.3 Å². The molecule has 0 heterocycles. The molecule has 0 saturated carbocycles. The van der Waals surface area contributed by atoms with Crippen LogP contribution in [0.4, 0.5) is 5.69 Å². The molecule has 1 rings (SSSR count). The lowest BCUT2D eigenvalue weighted by molar-refractivity contribution is -0.121. The van der Waals surface area contributed by atoms with E-state index in [1.54, 1.807) is 6.07 Å². The van der Waals surface area contributed by atoms with Gasteiger partial charge in [0.15, 0.2) is 0 Å². The van der Waals surface area contributed by atoms with Gasteiger partial charge in [-0.15, -0.1) is 0 Å². The summed E-state index contributed by atoms with van der Waals surface area (Å²) in [5, 5.41) is 2.88. The summed E-state index contributed by atoms with van der Waals surface area (Å²) in [6, 6.07) is 7.51. The van der Waals surface area contributed by atoms with E-state index in [1.807, 2.05) is 39.0 Å². The first kappa shape index (κ1) is 18.5. The third kappa shape index (κ3) is 6.05. The molecule has 0 saturated heterocycles. The lowest BCUT2D eigenvalue weighted by Crippen LogP contribution is -2.34.